The minimum Gasteiger partial charge on any atom is -0.480 e. The van der Waals surface area contributed by atoms with E-state index in [1.165, 1.54) is 0 Å². The number of ether oxygens (including phenoxy) is 1. The van der Waals surface area contributed by atoms with Crippen molar-refractivity contribution in [2.45, 2.75) is 38.8 Å². The van der Waals surface area contributed by atoms with Gasteiger partial charge in [-0.25, -0.2) is 0 Å². The largest absolute Gasteiger partial charge is 0.480 e. The average molecular weight is 173 g/mol. The van der Waals surface area contributed by atoms with Crippen LogP contribution in [0.2, 0.25) is 0 Å². The van der Waals surface area contributed by atoms with Gasteiger partial charge in [-0.1, -0.05) is 0 Å². The summed E-state index contributed by atoms with van der Waals surface area (Å²) in [6.45, 7) is 7.17. The summed E-state index contributed by atoms with van der Waals surface area (Å²) >= 11 is 5.03. The van der Waals surface area contributed by atoms with Gasteiger partial charge in [0.05, 0.1) is 0 Å². The van der Waals surface area contributed by atoms with Crippen LogP contribution in [0.5, 0.6) is 0 Å². The number of rotatable bonds is 0. The van der Waals surface area contributed by atoms with E-state index in [9.17, 15) is 0 Å². The van der Waals surface area contributed by atoms with E-state index in [1.807, 2.05) is 0 Å². The lowest BCUT2D eigenvalue weighted by molar-refractivity contribution is 0.0703. The lowest BCUT2D eigenvalue weighted by Gasteiger charge is -2.30. The molecule has 0 aromatic rings. The lowest BCUT2D eigenvalue weighted by atomic mass is 10.0. The molecule has 0 aromatic heterocycles. The molecular weight excluding hydrogens is 158 g/mol. The predicted molar refractivity (Wildman–Crippen MR) is 49.8 cm³/mol. The first kappa shape index (κ1) is 8.94. The van der Waals surface area contributed by atoms with Crippen LogP contribution in [0.1, 0.15) is 27.2 Å². The van der Waals surface area contributed by atoms with Crippen molar-refractivity contribution >= 4 is 17.3 Å². The number of hydrogen-bond donors (Lipinski definition) is 1. The fourth-order valence-corrected chi connectivity index (χ4v) is 1.39. The van der Waals surface area contributed by atoms with Crippen LogP contribution < -0.4 is 5.32 Å². The molecule has 0 spiro atoms. The average Bonchev–Trinajstić information content (AvgIpc) is 1.93. The Kier molecular flexibility index (Phi) is 2.50. The van der Waals surface area contributed by atoms with Gasteiger partial charge >= 0.3 is 0 Å². The fourth-order valence-electron chi connectivity index (χ4n) is 1.07. The first-order chi connectivity index (χ1) is 5.02. The molecule has 1 aliphatic rings. The van der Waals surface area contributed by atoms with Gasteiger partial charge in [0.15, 0.2) is 5.05 Å². The second-order valence-electron chi connectivity index (χ2n) is 3.50. The highest BCUT2D eigenvalue weighted by molar-refractivity contribution is 7.80. The molecule has 1 N–H and O–H groups in total. The van der Waals surface area contributed by atoms with E-state index >= 15 is 0 Å². The number of thiocarbonyl (C=S) groups is 1. The molecule has 0 saturated carbocycles. The van der Waals surface area contributed by atoms with E-state index in [0.717, 1.165) is 18.0 Å². The highest BCUT2D eigenvalue weighted by Crippen LogP contribution is 2.18. The second-order valence-corrected chi connectivity index (χ2v) is 3.96. The molecule has 11 heavy (non-hydrogen) atoms. The van der Waals surface area contributed by atoms with Gasteiger partial charge in [0, 0.05) is 19.0 Å². The number of hydrogen-bond acceptors (Lipinski definition) is 3. The molecule has 1 rings (SSSR count). The van der Waals surface area contributed by atoms with Crippen LogP contribution in [-0.2, 0) is 4.74 Å². The third-order valence-corrected chi connectivity index (χ3v) is 2.49. The normalized spacial score (nSPS) is 30.8. The van der Waals surface area contributed by atoms with Crippen LogP contribution in [0.25, 0.3) is 0 Å². The molecule has 1 fully saturated rings. The zero-order valence-electron chi connectivity index (χ0n) is 7.31. The smallest absolute Gasteiger partial charge is 0.161 e. The van der Waals surface area contributed by atoms with Crippen LogP contribution in [-0.4, -0.2) is 23.2 Å². The minimum absolute atomic E-state index is 0.159. The Morgan fingerprint density at radius 1 is 1.64 bits per heavy atom. The van der Waals surface area contributed by atoms with E-state index in [1.54, 1.807) is 0 Å². The molecular formula is C8H15NOS. The monoisotopic (exact) mass is 173 g/mol. The molecule has 2 nitrogen and oxygen atoms in total. The van der Waals surface area contributed by atoms with Crippen molar-refractivity contribution in [3.8, 4) is 0 Å². The summed E-state index contributed by atoms with van der Waals surface area (Å²) in [6.07, 6.45) is 0.850. The van der Waals surface area contributed by atoms with Gasteiger partial charge in [-0.05, 0) is 33.0 Å². The zero-order chi connectivity index (χ0) is 8.48. The zero-order valence-corrected chi connectivity index (χ0v) is 8.12. The Balaban J connectivity index is 2.68. The van der Waals surface area contributed by atoms with Gasteiger partial charge in [0.2, 0.25) is 0 Å². The maximum absolute atomic E-state index is 5.58. The molecule has 1 heterocycles. The van der Waals surface area contributed by atoms with E-state index in [-0.39, 0.29) is 5.60 Å². The summed E-state index contributed by atoms with van der Waals surface area (Å²) in [7, 11) is 0. The second kappa shape index (κ2) is 3.07. The Morgan fingerprint density at radius 2 is 2.27 bits per heavy atom. The van der Waals surface area contributed by atoms with Gasteiger partial charge in [-0.3, -0.25) is 0 Å². The van der Waals surface area contributed by atoms with E-state index in [2.05, 4.69) is 26.1 Å². The number of nitrogens with one attached hydrogen (secondary N) is 1. The maximum Gasteiger partial charge on any atom is 0.161 e. The molecule has 0 bridgehead atoms. The van der Waals surface area contributed by atoms with Crippen molar-refractivity contribution in [2.24, 2.45) is 0 Å². The maximum atomic E-state index is 5.58. The van der Waals surface area contributed by atoms with E-state index < -0.39 is 0 Å². The van der Waals surface area contributed by atoms with Crippen molar-refractivity contribution in [1.82, 2.24) is 5.32 Å². The Morgan fingerprint density at radius 3 is 2.91 bits per heavy atom. The van der Waals surface area contributed by atoms with Gasteiger partial charge in [-0.2, -0.15) is 0 Å². The highest BCUT2D eigenvalue weighted by atomic mass is 32.1. The summed E-state index contributed by atoms with van der Waals surface area (Å²) in [5, 5.41) is 4.08. The van der Waals surface area contributed by atoms with Gasteiger partial charge in [-0.15, -0.1) is 0 Å². The molecule has 1 unspecified atom stereocenters. The van der Waals surface area contributed by atoms with Crippen LogP contribution in [0.4, 0.5) is 0 Å². The quantitative estimate of drug-likeness (QED) is 0.561. The summed E-state index contributed by atoms with van der Waals surface area (Å²) in [5.74, 6) is 0. The van der Waals surface area contributed by atoms with Gasteiger partial charge in [0.25, 0.3) is 0 Å². The van der Waals surface area contributed by atoms with Crippen LogP contribution in [0.15, 0.2) is 0 Å². The summed E-state index contributed by atoms with van der Waals surface area (Å²) in [6, 6.07) is 0.364. The van der Waals surface area contributed by atoms with E-state index in [0.29, 0.717) is 6.04 Å². The van der Waals surface area contributed by atoms with Crippen molar-refractivity contribution < 1.29 is 4.74 Å². The van der Waals surface area contributed by atoms with Gasteiger partial charge in [0.1, 0.15) is 5.60 Å². The first-order valence-electron chi connectivity index (χ1n) is 3.97. The SMILES string of the molecule is CC1NCCC(=S)OC1(C)C. The van der Waals surface area contributed by atoms with Crippen LogP contribution >= 0.6 is 12.2 Å². The molecule has 1 aliphatic heterocycles. The molecule has 1 atom stereocenters. The molecule has 0 aromatic carbocycles. The summed E-state index contributed by atoms with van der Waals surface area (Å²) in [4.78, 5) is 0. The Hall–Kier alpha value is -0.150. The summed E-state index contributed by atoms with van der Waals surface area (Å²) in [5.41, 5.74) is -0.159. The molecule has 1 saturated heterocycles. The fraction of sp³-hybridized carbons (Fsp3) is 0.875. The van der Waals surface area contributed by atoms with Gasteiger partial charge < -0.3 is 10.1 Å². The first-order valence-corrected chi connectivity index (χ1v) is 4.38. The molecule has 0 amide bonds. The third kappa shape index (κ3) is 2.14. The van der Waals surface area contributed by atoms with Crippen molar-refractivity contribution in [3.63, 3.8) is 0 Å². The Labute approximate surface area is 73.3 Å². The van der Waals surface area contributed by atoms with Crippen LogP contribution in [0, 0.1) is 0 Å². The third-order valence-electron chi connectivity index (χ3n) is 2.20. The highest BCUT2D eigenvalue weighted by Gasteiger charge is 2.30. The molecule has 0 radical (unpaired) electrons. The lowest BCUT2D eigenvalue weighted by Crippen LogP contribution is -2.44. The Bertz CT molecular complexity index is 167. The molecule has 0 aliphatic carbocycles. The van der Waals surface area contributed by atoms with Crippen LogP contribution in [0.3, 0.4) is 0 Å². The molecule has 64 valence electrons. The van der Waals surface area contributed by atoms with Crippen molar-refractivity contribution in [3.05, 3.63) is 0 Å². The minimum atomic E-state index is -0.159. The van der Waals surface area contributed by atoms with Crippen molar-refractivity contribution in [1.29, 1.82) is 0 Å². The predicted octanol–water partition coefficient (Wildman–Crippen LogP) is 1.49. The van der Waals surface area contributed by atoms with Crippen molar-refractivity contribution in [2.75, 3.05) is 6.54 Å². The molecule has 3 heteroatoms. The summed E-state index contributed by atoms with van der Waals surface area (Å²) < 4.78 is 5.58. The topological polar surface area (TPSA) is 21.3 Å². The van der Waals surface area contributed by atoms with E-state index in [4.69, 9.17) is 17.0 Å². The standard InChI is InChI=1S/C8H15NOS/c1-6-8(2,3)10-7(11)4-5-9-6/h6,9H,4-5H2,1-3H3.